The Bertz CT molecular complexity index is 362. The molecule has 1 aliphatic rings. The third-order valence-electron chi connectivity index (χ3n) is 3.30. The predicted molar refractivity (Wildman–Crippen MR) is 75.1 cm³/mol. The smallest absolute Gasteiger partial charge is 0.133 e. The van der Waals surface area contributed by atoms with Gasteiger partial charge in [0.05, 0.1) is 0 Å². The van der Waals surface area contributed by atoms with Crippen LogP contribution in [0.2, 0.25) is 0 Å². The summed E-state index contributed by atoms with van der Waals surface area (Å²) in [6, 6.07) is 2.53. The summed E-state index contributed by atoms with van der Waals surface area (Å²) in [4.78, 5) is 10.8. The van der Waals surface area contributed by atoms with Gasteiger partial charge in [-0.05, 0) is 19.4 Å². The van der Waals surface area contributed by atoms with E-state index in [9.17, 15) is 0 Å². The van der Waals surface area contributed by atoms with Gasteiger partial charge in [0.15, 0.2) is 0 Å². The highest BCUT2D eigenvalue weighted by Crippen LogP contribution is 2.15. The standard InChI is InChI=1S/C13H23N5/c1-3-4-7-18(2)13-8-12(15-10-16-13)17-11-5-6-14-9-11/h8,10-11,14H,3-7,9H2,1-2H3,(H,15,16,17). The maximum Gasteiger partial charge on any atom is 0.133 e. The first kappa shape index (κ1) is 13.1. The number of anilines is 2. The van der Waals surface area contributed by atoms with Crippen LogP contribution in [0.25, 0.3) is 0 Å². The molecule has 0 saturated carbocycles. The molecule has 2 rings (SSSR count). The quantitative estimate of drug-likeness (QED) is 0.800. The molecule has 5 nitrogen and oxygen atoms in total. The zero-order valence-corrected chi connectivity index (χ0v) is 11.3. The minimum absolute atomic E-state index is 0.494. The van der Waals surface area contributed by atoms with E-state index in [2.05, 4.69) is 39.5 Å². The monoisotopic (exact) mass is 249 g/mol. The van der Waals surface area contributed by atoms with E-state index < -0.39 is 0 Å². The molecular weight excluding hydrogens is 226 g/mol. The van der Waals surface area contributed by atoms with Crippen molar-refractivity contribution in [2.45, 2.75) is 32.2 Å². The summed E-state index contributed by atoms with van der Waals surface area (Å²) >= 11 is 0. The highest BCUT2D eigenvalue weighted by atomic mass is 15.2. The molecule has 0 amide bonds. The average molecular weight is 249 g/mol. The van der Waals surface area contributed by atoms with Gasteiger partial charge in [0.1, 0.15) is 18.0 Å². The Morgan fingerprint density at radius 3 is 3.11 bits per heavy atom. The lowest BCUT2D eigenvalue weighted by molar-refractivity contribution is 0.756. The Labute approximate surface area is 109 Å². The zero-order chi connectivity index (χ0) is 12.8. The molecular formula is C13H23N5. The Morgan fingerprint density at radius 1 is 1.50 bits per heavy atom. The summed E-state index contributed by atoms with van der Waals surface area (Å²) in [5.74, 6) is 1.92. The van der Waals surface area contributed by atoms with Gasteiger partial charge < -0.3 is 15.5 Å². The van der Waals surface area contributed by atoms with E-state index in [1.807, 2.05) is 6.07 Å². The van der Waals surface area contributed by atoms with Gasteiger partial charge >= 0.3 is 0 Å². The summed E-state index contributed by atoms with van der Waals surface area (Å²) in [7, 11) is 2.08. The molecule has 0 spiro atoms. The van der Waals surface area contributed by atoms with E-state index in [0.717, 1.165) is 37.7 Å². The lowest BCUT2D eigenvalue weighted by Crippen LogP contribution is -2.24. The van der Waals surface area contributed by atoms with E-state index in [1.54, 1.807) is 6.33 Å². The zero-order valence-electron chi connectivity index (χ0n) is 11.3. The molecule has 5 heteroatoms. The molecule has 1 aromatic heterocycles. The van der Waals surface area contributed by atoms with Crippen LogP contribution in [0, 0.1) is 0 Å². The SMILES string of the molecule is CCCCN(C)c1cc(NC2CCNC2)ncn1. The van der Waals surface area contributed by atoms with Crippen LogP contribution >= 0.6 is 0 Å². The fraction of sp³-hybridized carbons (Fsp3) is 0.692. The van der Waals surface area contributed by atoms with Crippen LogP contribution in [0.1, 0.15) is 26.2 Å². The number of nitrogens with one attached hydrogen (secondary N) is 2. The van der Waals surface area contributed by atoms with Crippen molar-refractivity contribution in [1.29, 1.82) is 0 Å². The summed E-state index contributed by atoms with van der Waals surface area (Å²) < 4.78 is 0. The van der Waals surface area contributed by atoms with Crippen molar-refractivity contribution in [2.75, 3.05) is 36.9 Å². The number of unbranched alkanes of at least 4 members (excludes halogenated alkanes) is 1. The fourth-order valence-electron chi connectivity index (χ4n) is 2.13. The summed E-state index contributed by atoms with van der Waals surface area (Å²) in [5, 5.41) is 6.79. The van der Waals surface area contributed by atoms with Gasteiger partial charge in [-0.15, -0.1) is 0 Å². The highest BCUT2D eigenvalue weighted by molar-refractivity contribution is 5.48. The number of rotatable bonds is 6. The van der Waals surface area contributed by atoms with Gasteiger partial charge in [-0.2, -0.15) is 0 Å². The van der Waals surface area contributed by atoms with Crippen molar-refractivity contribution < 1.29 is 0 Å². The molecule has 2 N–H and O–H groups in total. The van der Waals surface area contributed by atoms with Crippen LogP contribution in [0.5, 0.6) is 0 Å². The molecule has 1 atom stereocenters. The molecule has 0 radical (unpaired) electrons. The Hall–Kier alpha value is -1.36. The van der Waals surface area contributed by atoms with Crippen molar-refractivity contribution in [3.63, 3.8) is 0 Å². The Balaban J connectivity index is 1.95. The van der Waals surface area contributed by atoms with Crippen LogP contribution < -0.4 is 15.5 Å². The molecule has 1 fully saturated rings. The van der Waals surface area contributed by atoms with Crippen molar-refractivity contribution in [3.8, 4) is 0 Å². The van der Waals surface area contributed by atoms with Crippen molar-refractivity contribution in [2.24, 2.45) is 0 Å². The number of hydrogen-bond acceptors (Lipinski definition) is 5. The lowest BCUT2D eigenvalue weighted by Gasteiger charge is -2.19. The second-order valence-electron chi connectivity index (χ2n) is 4.87. The summed E-state index contributed by atoms with van der Waals surface area (Å²) in [6.07, 6.45) is 5.19. The number of aromatic nitrogens is 2. The lowest BCUT2D eigenvalue weighted by atomic mass is 10.2. The van der Waals surface area contributed by atoms with Gasteiger partial charge in [0.25, 0.3) is 0 Å². The van der Waals surface area contributed by atoms with Gasteiger partial charge in [0.2, 0.25) is 0 Å². The maximum absolute atomic E-state index is 4.33. The average Bonchev–Trinajstić information content (AvgIpc) is 2.89. The first-order valence-electron chi connectivity index (χ1n) is 6.80. The van der Waals surface area contributed by atoms with Gasteiger partial charge in [-0.25, -0.2) is 9.97 Å². The molecule has 18 heavy (non-hydrogen) atoms. The van der Waals surface area contributed by atoms with E-state index in [1.165, 1.54) is 12.8 Å². The first-order chi connectivity index (χ1) is 8.79. The topological polar surface area (TPSA) is 53.1 Å². The summed E-state index contributed by atoms with van der Waals surface area (Å²) in [5.41, 5.74) is 0. The summed E-state index contributed by atoms with van der Waals surface area (Å²) in [6.45, 7) is 5.35. The third-order valence-corrected chi connectivity index (χ3v) is 3.30. The van der Waals surface area contributed by atoms with Crippen molar-refractivity contribution in [1.82, 2.24) is 15.3 Å². The minimum atomic E-state index is 0.494. The molecule has 0 aliphatic carbocycles. The van der Waals surface area contributed by atoms with Gasteiger partial charge in [-0.3, -0.25) is 0 Å². The van der Waals surface area contributed by atoms with Crippen LogP contribution in [-0.2, 0) is 0 Å². The fourth-order valence-corrected chi connectivity index (χ4v) is 2.13. The normalized spacial score (nSPS) is 18.9. The molecule has 1 aromatic rings. The van der Waals surface area contributed by atoms with Gasteiger partial charge in [0, 0.05) is 32.2 Å². The molecule has 100 valence electrons. The van der Waals surface area contributed by atoms with E-state index in [0.29, 0.717) is 6.04 Å². The van der Waals surface area contributed by atoms with E-state index in [-0.39, 0.29) is 0 Å². The van der Waals surface area contributed by atoms with E-state index >= 15 is 0 Å². The third kappa shape index (κ3) is 3.57. The molecule has 1 unspecified atom stereocenters. The maximum atomic E-state index is 4.33. The van der Waals surface area contributed by atoms with Crippen molar-refractivity contribution in [3.05, 3.63) is 12.4 Å². The Morgan fingerprint density at radius 2 is 2.39 bits per heavy atom. The van der Waals surface area contributed by atoms with Crippen LogP contribution in [-0.4, -0.2) is 42.7 Å². The second-order valence-corrected chi connectivity index (χ2v) is 4.87. The molecule has 0 bridgehead atoms. The minimum Gasteiger partial charge on any atom is -0.366 e. The molecule has 1 saturated heterocycles. The highest BCUT2D eigenvalue weighted by Gasteiger charge is 2.14. The van der Waals surface area contributed by atoms with Crippen LogP contribution in [0.3, 0.4) is 0 Å². The first-order valence-corrected chi connectivity index (χ1v) is 6.80. The van der Waals surface area contributed by atoms with Gasteiger partial charge in [-0.1, -0.05) is 13.3 Å². The molecule has 0 aromatic carbocycles. The van der Waals surface area contributed by atoms with Crippen LogP contribution in [0.4, 0.5) is 11.6 Å². The largest absolute Gasteiger partial charge is 0.366 e. The second kappa shape index (κ2) is 6.54. The Kier molecular flexibility index (Phi) is 4.75. The predicted octanol–water partition coefficient (Wildman–Crippen LogP) is 1.49. The number of hydrogen-bond donors (Lipinski definition) is 2. The van der Waals surface area contributed by atoms with Crippen LogP contribution in [0.15, 0.2) is 12.4 Å². The molecule has 1 aliphatic heterocycles. The number of nitrogens with zero attached hydrogens (tertiary/aromatic N) is 3. The molecule has 2 heterocycles. The van der Waals surface area contributed by atoms with E-state index in [4.69, 9.17) is 0 Å². The van der Waals surface area contributed by atoms with Crippen molar-refractivity contribution >= 4 is 11.6 Å².